The van der Waals surface area contributed by atoms with Crippen LogP contribution in [0, 0.1) is 5.82 Å². The highest BCUT2D eigenvalue weighted by atomic mass is 35.5. The van der Waals surface area contributed by atoms with Gasteiger partial charge in [-0.2, -0.15) is 5.10 Å². The maximum Gasteiger partial charge on any atom is 0.263 e. The summed E-state index contributed by atoms with van der Waals surface area (Å²) < 4.78 is 16.1. The number of hydrogen-bond acceptors (Lipinski definition) is 4. The number of amides is 1. The molecule has 0 radical (unpaired) electrons. The van der Waals surface area contributed by atoms with Gasteiger partial charge >= 0.3 is 0 Å². The van der Waals surface area contributed by atoms with Crippen molar-refractivity contribution in [1.82, 2.24) is 20.1 Å². The molecule has 3 rings (SSSR count). The monoisotopic (exact) mass is 338 g/mol. The lowest BCUT2D eigenvalue weighted by Gasteiger charge is -2.12. The molecule has 1 amide bonds. The largest absolute Gasteiger partial charge is 0.347 e. The minimum absolute atomic E-state index is 0.156. The Bertz CT molecular complexity index is 818. The molecule has 0 fully saturated rings. The number of carbonyl (C=O) groups is 1. The summed E-state index contributed by atoms with van der Waals surface area (Å²) in [6.45, 7) is 2.34. The fraction of sp³-hybridized carbons (Fsp3) is 0.214. The molecule has 8 heteroatoms. The molecule has 5 nitrogen and oxygen atoms in total. The van der Waals surface area contributed by atoms with E-state index in [1.165, 1.54) is 23.7 Å². The number of hydrogen-bond donors (Lipinski definition) is 1. The number of thiophene rings is 1. The molecular formula is C14H12ClFN4OS. The first-order valence-corrected chi connectivity index (χ1v) is 7.75. The molecule has 1 N–H and O–H groups in total. The third-order valence-corrected chi connectivity index (χ3v) is 4.76. The molecule has 0 saturated heterocycles. The number of halogens is 2. The minimum Gasteiger partial charge on any atom is -0.347 e. The van der Waals surface area contributed by atoms with E-state index in [0.717, 1.165) is 0 Å². The molecule has 1 aromatic carbocycles. The van der Waals surface area contributed by atoms with Crippen molar-refractivity contribution in [2.24, 2.45) is 0 Å². The van der Waals surface area contributed by atoms with Crippen LogP contribution in [0.3, 0.4) is 0 Å². The predicted molar refractivity (Wildman–Crippen MR) is 83.7 cm³/mol. The third-order valence-electron chi connectivity index (χ3n) is 3.12. The van der Waals surface area contributed by atoms with Crippen molar-refractivity contribution in [2.45, 2.75) is 19.5 Å². The Hall–Kier alpha value is -1.99. The van der Waals surface area contributed by atoms with E-state index >= 15 is 0 Å². The van der Waals surface area contributed by atoms with E-state index in [0.29, 0.717) is 21.5 Å². The van der Waals surface area contributed by atoms with Crippen molar-refractivity contribution < 1.29 is 9.18 Å². The third kappa shape index (κ3) is 2.82. The predicted octanol–water partition coefficient (Wildman–Crippen LogP) is 3.10. The summed E-state index contributed by atoms with van der Waals surface area (Å²) in [7, 11) is 0. The van der Waals surface area contributed by atoms with Crippen molar-refractivity contribution in [3.63, 3.8) is 0 Å². The molecule has 3 aromatic rings. The fourth-order valence-corrected chi connectivity index (χ4v) is 3.62. The molecule has 2 heterocycles. The van der Waals surface area contributed by atoms with Gasteiger partial charge in [-0.25, -0.2) is 9.37 Å². The van der Waals surface area contributed by atoms with Crippen molar-refractivity contribution in [3.05, 3.63) is 46.6 Å². The number of fused-ring (bicyclic) bond motifs is 1. The van der Waals surface area contributed by atoms with E-state index < -0.39 is 5.82 Å². The lowest BCUT2D eigenvalue weighted by Crippen LogP contribution is -2.35. The van der Waals surface area contributed by atoms with E-state index in [2.05, 4.69) is 15.4 Å². The Morgan fingerprint density at radius 1 is 1.55 bits per heavy atom. The molecule has 0 aliphatic heterocycles. The summed E-state index contributed by atoms with van der Waals surface area (Å²) in [5.41, 5.74) is 0. The van der Waals surface area contributed by atoms with Crippen LogP contribution in [0.5, 0.6) is 0 Å². The number of nitrogens with zero attached hydrogens (tertiary/aromatic N) is 3. The van der Waals surface area contributed by atoms with Crippen LogP contribution in [-0.2, 0) is 6.54 Å². The van der Waals surface area contributed by atoms with Gasteiger partial charge in [-0.05, 0) is 19.1 Å². The zero-order chi connectivity index (χ0) is 15.7. The summed E-state index contributed by atoms with van der Waals surface area (Å²) in [6, 6.07) is 4.50. The van der Waals surface area contributed by atoms with Gasteiger partial charge in [-0.15, -0.1) is 11.3 Å². The first-order valence-electron chi connectivity index (χ1n) is 6.56. The summed E-state index contributed by atoms with van der Waals surface area (Å²) in [5.74, 6) is -0.744. The number of aromatic nitrogens is 3. The Morgan fingerprint density at radius 2 is 2.36 bits per heavy atom. The normalized spacial score (nSPS) is 12.5. The lowest BCUT2D eigenvalue weighted by molar-refractivity contribution is 0.0940. The molecule has 0 bridgehead atoms. The molecule has 114 valence electrons. The number of carbonyl (C=O) groups excluding carboxylic acids is 1. The molecule has 0 saturated carbocycles. The van der Waals surface area contributed by atoms with E-state index in [-0.39, 0.29) is 17.0 Å². The zero-order valence-electron chi connectivity index (χ0n) is 11.6. The molecule has 0 spiro atoms. The van der Waals surface area contributed by atoms with Crippen LogP contribution in [0.25, 0.3) is 10.1 Å². The minimum atomic E-state index is -0.423. The lowest BCUT2D eigenvalue weighted by atomic mass is 10.2. The van der Waals surface area contributed by atoms with Crippen molar-refractivity contribution >= 4 is 38.9 Å². The van der Waals surface area contributed by atoms with Crippen LogP contribution in [0.15, 0.2) is 30.9 Å². The van der Waals surface area contributed by atoms with Crippen LogP contribution in [0.4, 0.5) is 4.39 Å². The fourth-order valence-electron chi connectivity index (χ4n) is 2.16. The Balaban J connectivity index is 1.80. The smallest absolute Gasteiger partial charge is 0.263 e. The second-order valence-corrected chi connectivity index (χ2v) is 6.28. The molecule has 0 aliphatic rings. The van der Waals surface area contributed by atoms with Crippen LogP contribution in [0.2, 0.25) is 5.02 Å². The van der Waals surface area contributed by atoms with Crippen molar-refractivity contribution in [1.29, 1.82) is 0 Å². The summed E-state index contributed by atoms with van der Waals surface area (Å²) in [4.78, 5) is 16.5. The average molecular weight is 339 g/mol. The first kappa shape index (κ1) is 14.9. The molecular weight excluding hydrogens is 327 g/mol. The second kappa shape index (κ2) is 6.02. The van der Waals surface area contributed by atoms with Gasteiger partial charge in [0.05, 0.1) is 11.6 Å². The van der Waals surface area contributed by atoms with E-state index in [9.17, 15) is 9.18 Å². The van der Waals surface area contributed by atoms with Gasteiger partial charge in [-0.1, -0.05) is 17.7 Å². The van der Waals surface area contributed by atoms with Crippen LogP contribution < -0.4 is 5.32 Å². The first-order chi connectivity index (χ1) is 10.6. The van der Waals surface area contributed by atoms with Crippen LogP contribution in [-0.4, -0.2) is 26.7 Å². The van der Waals surface area contributed by atoms with Gasteiger partial charge in [0.15, 0.2) is 0 Å². The highest BCUT2D eigenvalue weighted by Gasteiger charge is 2.20. The number of benzene rings is 1. The summed E-state index contributed by atoms with van der Waals surface area (Å²) >= 11 is 7.34. The highest BCUT2D eigenvalue weighted by molar-refractivity contribution is 7.21. The SMILES string of the molecule is CC(Cn1cncn1)NC(=O)c1sc2cccc(F)c2c1Cl. The van der Waals surface area contributed by atoms with Crippen LogP contribution >= 0.6 is 22.9 Å². The van der Waals surface area contributed by atoms with Gasteiger partial charge in [0.25, 0.3) is 5.91 Å². The number of nitrogens with one attached hydrogen (secondary N) is 1. The summed E-state index contributed by atoms with van der Waals surface area (Å²) in [5, 5.41) is 7.26. The molecule has 22 heavy (non-hydrogen) atoms. The summed E-state index contributed by atoms with van der Waals surface area (Å²) in [6.07, 6.45) is 3.00. The average Bonchev–Trinajstić information content (AvgIpc) is 3.07. The van der Waals surface area contributed by atoms with E-state index in [1.54, 1.807) is 23.1 Å². The van der Waals surface area contributed by atoms with E-state index in [4.69, 9.17) is 11.6 Å². The van der Waals surface area contributed by atoms with Gasteiger partial charge in [0.2, 0.25) is 0 Å². The molecule has 1 atom stereocenters. The van der Waals surface area contributed by atoms with Gasteiger partial charge in [-0.3, -0.25) is 9.48 Å². The Kier molecular flexibility index (Phi) is 4.08. The maximum atomic E-state index is 13.8. The van der Waals surface area contributed by atoms with Crippen LogP contribution in [0.1, 0.15) is 16.6 Å². The van der Waals surface area contributed by atoms with Crippen molar-refractivity contribution in [2.75, 3.05) is 0 Å². The number of rotatable bonds is 4. The van der Waals surface area contributed by atoms with Crippen molar-refractivity contribution in [3.8, 4) is 0 Å². The van der Waals surface area contributed by atoms with Gasteiger partial charge in [0, 0.05) is 16.1 Å². The Labute approximate surface area is 134 Å². The molecule has 0 aliphatic carbocycles. The van der Waals surface area contributed by atoms with Gasteiger partial charge in [0.1, 0.15) is 23.3 Å². The highest BCUT2D eigenvalue weighted by Crippen LogP contribution is 2.36. The Morgan fingerprint density at radius 3 is 3.05 bits per heavy atom. The molecule has 1 unspecified atom stereocenters. The topological polar surface area (TPSA) is 59.8 Å². The zero-order valence-corrected chi connectivity index (χ0v) is 13.2. The second-order valence-electron chi connectivity index (χ2n) is 4.85. The standard InChI is InChI=1S/C14H12ClFN4OS/c1-8(5-20-7-17-6-18-20)19-14(21)13-12(15)11-9(16)3-2-4-10(11)22-13/h2-4,6-8H,5H2,1H3,(H,19,21). The van der Waals surface area contributed by atoms with E-state index in [1.807, 2.05) is 6.92 Å². The maximum absolute atomic E-state index is 13.8. The van der Waals surface area contributed by atoms with Gasteiger partial charge < -0.3 is 5.32 Å². The molecule has 2 aromatic heterocycles. The quantitative estimate of drug-likeness (QED) is 0.795.